The number of benzene rings is 3. The Bertz CT molecular complexity index is 1220. The molecule has 0 saturated carbocycles. The predicted molar refractivity (Wildman–Crippen MR) is 103 cm³/mol. The van der Waals surface area contributed by atoms with E-state index in [4.69, 9.17) is 0 Å². The normalized spacial score (nSPS) is 10.8. The van der Waals surface area contributed by atoms with E-state index in [-0.39, 0.29) is 11.3 Å². The summed E-state index contributed by atoms with van der Waals surface area (Å²) >= 11 is 0. The molecule has 28 heavy (non-hydrogen) atoms. The van der Waals surface area contributed by atoms with E-state index in [1.807, 2.05) is 0 Å². The summed E-state index contributed by atoms with van der Waals surface area (Å²) < 4.78 is 13.8. The van der Waals surface area contributed by atoms with Crippen molar-refractivity contribution < 1.29 is 14.1 Å². The molecule has 2 N–H and O–H groups in total. The highest BCUT2D eigenvalue weighted by molar-refractivity contribution is 6.06. The first kappa shape index (κ1) is 17.3. The molecule has 1 heterocycles. The van der Waals surface area contributed by atoms with Crippen molar-refractivity contribution in [3.8, 4) is 11.3 Å². The van der Waals surface area contributed by atoms with Crippen molar-refractivity contribution in [2.75, 3.05) is 5.32 Å². The summed E-state index contributed by atoms with van der Waals surface area (Å²) in [7, 11) is 0. The van der Waals surface area contributed by atoms with E-state index >= 15 is 0 Å². The second-order valence-corrected chi connectivity index (χ2v) is 6.07. The Morgan fingerprint density at radius 3 is 2.68 bits per heavy atom. The van der Waals surface area contributed by atoms with Gasteiger partial charge < -0.3 is 5.32 Å². The van der Waals surface area contributed by atoms with Crippen molar-refractivity contribution in [2.45, 2.75) is 0 Å². The summed E-state index contributed by atoms with van der Waals surface area (Å²) in [5, 5.41) is 21.5. The number of amides is 1. The van der Waals surface area contributed by atoms with Crippen molar-refractivity contribution in [3.63, 3.8) is 0 Å². The largest absolute Gasteiger partial charge is 0.322 e. The predicted octanol–water partition coefficient (Wildman–Crippen LogP) is 4.53. The number of rotatable bonds is 4. The Morgan fingerprint density at radius 1 is 1.07 bits per heavy atom. The first-order valence-corrected chi connectivity index (χ1v) is 8.32. The summed E-state index contributed by atoms with van der Waals surface area (Å²) in [4.78, 5) is 22.9. The lowest BCUT2D eigenvalue weighted by Gasteiger charge is -2.06. The maximum absolute atomic E-state index is 13.8. The highest BCUT2D eigenvalue weighted by Gasteiger charge is 2.15. The quantitative estimate of drug-likeness (QED) is 0.404. The molecular formula is C20H13FN4O3. The number of non-ortho nitro benzene ring substituents is 1. The summed E-state index contributed by atoms with van der Waals surface area (Å²) in [6, 6.07) is 16.9. The number of nitro groups is 1. The van der Waals surface area contributed by atoms with E-state index in [1.54, 1.807) is 36.4 Å². The molecule has 0 saturated heterocycles. The molecule has 0 fully saturated rings. The van der Waals surface area contributed by atoms with Gasteiger partial charge in [-0.3, -0.25) is 20.0 Å². The van der Waals surface area contributed by atoms with Crippen LogP contribution in [0.25, 0.3) is 22.2 Å². The topological polar surface area (TPSA) is 101 Å². The number of hydrogen-bond donors (Lipinski definition) is 2. The van der Waals surface area contributed by atoms with Crippen LogP contribution in [0.15, 0.2) is 66.7 Å². The van der Waals surface area contributed by atoms with Gasteiger partial charge in [-0.2, -0.15) is 5.10 Å². The standard InChI is InChI=1S/C20H13FN4O3/c21-17-7-2-1-6-15(17)20(26)22-13-8-9-18-16(11-13)19(24-23-18)12-4-3-5-14(10-12)25(27)28/h1-11H,(H,22,26)(H,23,24). The lowest BCUT2D eigenvalue weighted by molar-refractivity contribution is -0.384. The zero-order valence-electron chi connectivity index (χ0n) is 14.3. The third kappa shape index (κ3) is 3.18. The van der Waals surface area contributed by atoms with Crippen LogP contribution in [-0.4, -0.2) is 21.0 Å². The Balaban J connectivity index is 1.71. The average Bonchev–Trinajstić information content (AvgIpc) is 3.11. The molecule has 0 unspecified atom stereocenters. The van der Waals surface area contributed by atoms with E-state index < -0.39 is 16.6 Å². The van der Waals surface area contributed by atoms with Crippen molar-refractivity contribution in [2.24, 2.45) is 0 Å². The molecule has 0 atom stereocenters. The monoisotopic (exact) mass is 376 g/mol. The second kappa shape index (κ2) is 6.92. The van der Waals surface area contributed by atoms with Crippen molar-refractivity contribution in [1.29, 1.82) is 0 Å². The van der Waals surface area contributed by atoms with E-state index in [1.165, 1.54) is 30.3 Å². The van der Waals surface area contributed by atoms with Gasteiger partial charge in [-0.1, -0.05) is 24.3 Å². The van der Waals surface area contributed by atoms with Crippen LogP contribution in [0.1, 0.15) is 10.4 Å². The maximum atomic E-state index is 13.8. The highest BCUT2D eigenvalue weighted by atomic mass is 19.1. The summed E-state index contributed by atoms with van der Waals surface area (Å²) in [6.45, 7) is 0. The van der Waals surface area contributed by atoms with Gasteiger partial charge in [0.2, 0.25) is 0 Å². The van der Waals surface area contributed by atoms with Crippen molar-refractivity contribution >= 4 is 28.2 Å². The van der Waals surface area contributed by atoms with E-state index in [0.717, 1.165) is 0 Å². The zero-order chi connectivity index (χ0) is 19.7. The molecule has 138 valence electrons. The number of anilines is 1. The molecule has 3 aromatic carbocycles. The maximum Gasteiger partial charge on any atom is 0.270 e. The highest BCUT2D eigenvalue weighted by Crippen LogP contribution is 2.30. The molecule has 1 aromatic heterocycles. The summed E-state index contributed by atoms with van der Waals surface area (Å²) in [5.74, 6) is -1.18. The lowest BCUT2D eigenvalue weighted by Crippen LogP contribution is -2.13. The number of carbonyl (C=O) groups is 1. The molecular weight excluding hydrogens is 363 g/mol. The van der Waals surface area contributed by atoms with Crippen LogP contribution in [0.4, 0.5) is 15.8 Å². The van der Waals surface area contributed by atoms with Crippen LogP contribution < -0.4 is 5.32 Å². The molecule has 0 aliphatic heterocycles. The van der Waals surface area contributed by atoms with Crippen LogP contribution in [0.2, 0.25) is 0 Å². The van der Waals surface area contributed by atoms with E-state index in [9.17, 15) is 19.3 Å². The fraction of sp³-hybridized carbons (Fsp3) is 0. The Morgan fingerprint density at radius 2 is 1.89 bits per heavy atom. The first-order chi connectivity index (χ1) is 13.5. The van der Waals surface area contributed by atoms with Gasteiger partial charge in [-0.25, -0.2) is 4.39 Å². The number of nitrogens with one attached hydrogen (secondary N) is 2. The SMILES string of the molecule is O=C(Nc1ccc2[nH]nc(-c3cccc([N+](=O)[O-])c3)c2c1)c1ccccc1F. The number of hydrogen-bond acceptors (Lipinski definition) is 4. The Kier molecular flexibility index (Phi) is 4.29. The Hall–Kier alpha value is -4.07. The van der Waals surface area contributed by atoms with E-state index in [0.29, 0.717) is 27.8 Å². The van der Waals surface area contributed by atoms with Gasteiger partial charge in [0.25, 0.3) is 11.6 Å². The fourth-order valence-electron chi connectivity index (χ4n) is 2.92. The average molecular weight is 376 g/mol. The van der Waals surface area contributed by atoms with Gasteiger partial charge in [0.15, 0.2) is 0 Å². The third-order valence-electron chi connectivity index (χ3n) is 4.27. The lowest BCUT2D eigenvalue weighted by atomic mass is 10.1. The minimum atomic E-state index is -0.610. The zero-order valence-corrected chi connectivity index (χ0v) is 14.3. The van der Waals surface area contributed by atoms with Crippen molar-refractivity contribution in [1.82, 2.24) is 10.2 Å². The van der Waals surface area contributed by atoms with Gasteiger partial charge in [0.1, 0.15) is 11.5 Å². The molecule has 8 heteroatoms. The number of aromatic amines is 1. The fourth-order valence-corrected chi connectivity index (χ4v) is 2.92. The van der Waals surface area contributed by atoms with Gasteiger partial charge in [-0.15, -0.1) is 0 Å². The molecule has 0 spiro atoms. The number of carbonyl (C=O) groups excluding carboxylic acids is 1. The number of aromatic nitrogens is 2. The smallest absolute Gasteiger partial charge is 0.270 e. The van der Waals surface area contributed by atoms with Crippen LogP contribution >= 0.6 is 0 Å². The third-order valence-corrected chi connectivity index (χ3v) is 4.27. The molecule has 4 aromatic rings. The first-order valence-electron chi connectivity index (χ1n) is 8.32. The molecule has 0 aliphatic rings. The van der Waals surface area contributed by atoms with E-state index in [2.05, 4.69) is 15.5 Å². The number of nitrogens with zero attached hydrogens (tertiary/aromatic N) is 2. The van der Waals surface area contributed by atoms with Crippen LogP contribution in [0, 0.1) is 15.9 Å². The second-order valence-electron chi connectivity index (χ2n) is 6.07. The number of halogens is 1. The van der Waals surface area contributed by atoms with Crippen LogP contribution in [0.5, 0.6) is 0 Å². The minimum Gasteiger partial charge on any atom is -0.322 e. The van der Waals surface area contributed by atoms with Crippen molar-refractivity contribution in [3.05, 3.63) is 88.2 Å². The molecule has 0 aliphatic carbocycles. The van der Waals surface area contributed by atoms with Gasteiger partial charge >= 0.3 is 0 Å². The molecule has 0 bridgehead atoms. The van der Waals surface area contributed by atoms with Gasteiger partial charge in [0.05, 0.1) is 16.0 Å². The number of H-pyrrole nitrogens is 1. The summed E-state index contributed by atoms with van der Waals surface area (Å²) in [6.07, 6.45) is 0. The molecule has 7 nitrogen and oxygen atoms in total. The van der Waals surface area contributed by atoms with Crippen LogP contribution in [-0.2, 0) is 0 Å². The van der Waals surface area contributed by atoms with Gasteiger partial charge in [-0.05, 0) is 30.3 Å². The molecule has 0 radical (unpaired) electrons. The molecule has 1 amide bonds. The number of fused-ring (bicyclic) bond motifs is 1. The van der Waals surface area contributed by atoms with Crippen LogP contribution in [0.3, 0.4) is 0 Å². The number of nitro benzene ring substituents is 1. The Labute approximate surface area is 158 Å². The minimum absolute atomic E-state index is 0.0438. The molecule has 4 rings (SSSR count). The summed E-state index contributed by atoms with van der Waals surface area (Å²) in [5.41, 5.74) is 2.13. The van der Waals surface area contributed by atoms with Gasteiger partial charge in [0, 0.05) is 28.8 Å².